The molecule has 3 aromatic rings. The van der Waals surface area contributed by atoms with Crippen LogP contribution in [0.25, 0.3) is 0 Å². The Morgan fingerprint density at radius 3 is 2.71 bits per heavy atom. The molecule has 4 rings (SSSR count). The van der Waals surface area contributed by atoms with E-state index >= 15 is 0 Å². The molecule has 1 aliphatic heterocycles. The number of rotatable bonds is 7. The van der Waals surface area contributed by atoms with Crippen LogP contribution >= 0.6 is 27.3 Å². The summed E-state index contributed by atoms with van der Waals surface area (Å²) in [4.78, 5) is 25.0. The first-order chi connectivity index (χ1) is 16.3. The van der Waals surface area contributed by atoms with E-state index in [-0.39, 0.29) is 17.2 Å². The zero-order valence-corrected chi connectivity index (χ0v) is 21.6. The summed E-state index contributed by atoms with van der Waals surface area (Å²) in [5.74, 6) is -1.11. The van der Waals surface area contributed by atoms with Crippen LogP contribution in [0.3, 0.4) is 0 Å². The number of carbonyl (C=O) groups is 2. The fourth-order valence-corrected chi connectivity index (χ4v) is 6.91. The number of hydrogen-bond acceptors (Lipinski definition) is 6. The molecular weight excluding hydrogens is 540 g/mol. The highest BCUT2D eigenvalue weighted by atomic mass is 79.9. The lowest BCUT2D eigenvalue weighted by Gasteiger charge is -2.35. The number of aryl methyl sites for hydroxylation is 1. The lowest BCUT2D eigenvalue weighted by atomic mass is 9.92. The number of amides is 1. The molecule has 34 heavy (non-hydrogen) atoms. The van der Waals surface area contributed by atoms with Gasteiger partial charge in [-0.25, -0.2) is 8.42 Å². The predicted octanol–water partition coefficient (Wildman–Crippen LogP) is 4.68. The number of ether oxygens (including phenoxy) is 1. The number of carbonyl (C=O) groups excluding carboxylic acids is 2. The number of nitrogens with one attached hydrogen (secondary N) is 1. The second-order valence-corrected chi connectivity index (χ2v) is 11.8. The molecule has 1 atom stereocenters. The number of nitrogens with zero attached hydrogens (tertiary/aromatic N) is 1. The normalized spacial score (nSPS) is 16.0. The Morgan fingerprint density at radius 2 is 1.97 bits per heavy atom. The van der Waals surface area contributed by atoms with E-state index in [1.165, 1.54) is 4.31 Å². The number of benzene rings is 2. The van der Waals surface area contributed by atoms with Crippen molar-refractivity contribution in [2.75, 3.05) is 18.5 Å². The zero-order valence-electron chi connectivity index (χ0n) is 18.4. The molecule has 2 heterocycles. The number of hydrogen-bond donors (Lipinski definition) is 1. The molecule has 1 unspecified atom stereocenters. The van der Waals surface area contributed by atoms with Crippen molar-refractivity contribution >= 4 is 54.9 Å². The summed E-state index contributed by atoms with van der Waals surface area (Å²) in [6.07, 6.45) is 0.369. The van der Waals surface area contributed by atoms with E-state index < -0.39 is 34.5 Å². The van der Waals surface area contributed by atoms with E-state index in [1.807, 2.05) is 37.3 Å². The van der Waals surface area contributed by atoms with Crippen molar-refractivity contribution in [3.63, 3.8) is 0 Å². The second-order valence-electron chi connectivity index (χ2n) is 7.89. The molecule has 178 valence electrons. The summed E-state index contributed by atoms with van der Waals surface area (Å²) in [5, 5.41) is 4.40. The first-order valence-electron chi connectivity index (χ1n) is 10.6. The number of esters is 1. The minimum atomic E-state index is -3.77. The fraction of sp³-hybridized carbons (Fsp3) is 0.250. The lowest BCUT2D eigenvalue weighted by Crippen LogP contribution is -2.41. The van der Waals surface area contributed by atoms with Crippen molar-refractivity contribution in [1.29, 1.82) is 0 Å². The van der Waals surface area contributed by atoms with Gasteiger partial charge in [-0.3, -0.25) is 9.59 Å². The van der Waals surface area contributed by atoms with Gasteiger partial charge in [-0.15, -0.1) is 11.3 Å². The Hall–Kier alpha value is -2.53. The van der Waals surface area contributed by atoms with E-state index in [4.69, 9.17) is 4.74 Å². The molecule has 1 N–H and O–H groups in total. The van der Waals surface area contributed by atoms with E-state index in [1.54, 1.807) is 29.6 Å². The van der Waals surface area contributed by atoms with Gasteiger partial charge in [0.15, 0.2) is 6.61 Å². The highest BCUT2D eigenvalue weighted by Crippen LogP contribution is 2.37. The maximum Gasteiger partial charge on any atom is 0.308 e. The number of sulfonamides is 1. The van der Waals surface area contributed by atoms with Gasteiger partial charge in [0.2, 0.25) is 0 Å². The van der Waals surface area contributed by atoms with Crippen molar-refractivity contribution in [2.45, 2.75) is 30.0 Å². The van der Waals surface area contributed by atoms with Crippen LogP contribution in [0.2, 0.25) is 0 Å². The molecule has 1 aromatic heterocycles. The average molecular weight is 563 g/mol. The average Bonchev–Trinajstić information content (AvgIpc) is 3.36. The van der Waals surface area contributed by atoms with Crippen LogP contribution in [0.1, 0.15) is 29.2 Å². The highest BCUT2D eigenvalue weighted by molar-refractivity contribution is 9.10. The summed E-state index contributed by atoms with van der Waals surface area (Å²) >= 11 is 4.55. The zero-order chi connectivity index (χ0) is 24.3. The second kappa shape index (κ2) is 10.4. The van der Waals surface area contributed by atoms with Gasteiger partial charge in [0, 0.05) is 16.7 Å². The predicted molar refractivity (Wildman–Crippen MR) is 134 cm³/mol. The Balaban J connectivity index is 1.46. The number of halogens is 1. The monoisotopic (exact) mass is 562 g/mol. The van der Waals surface area contributed by atoms with Gasteiger partial charge in [-0.1, -0.05) is 46.3 Å². The number of fused-ring (bicyclic) bond motifs is 1. The molecule has 10 heteroatoms. The minimum Gasteiger partial charge on any atom is -0.456 e. The summed E-state index contributed by atoms with van der Waals surface area (Å²) < 4.78 is 34.3. The molecule has 7 nitrogen and oxygen atoms in total. The van der Waals surface area contributed by atoms with Gasteiger partial charge in [0.05, 0.1) is 12.5 Å². The molecule has 0 fully saturated rings. The Bertz CT molecular complexity index is 1310. The highest BCUT2D eigenvalue weighted by Gasteiger charge is 2.38. The topological polar surface area (TPSA) is 92.8 Å². The van der Waals surface area contributed by atoms with Crippen molar-refractivity contribution in [1.82, 2.24) is 4.31 Å². The lowest BCUT2D eigenvalue weighted by molar-refractivity contribution is -0.148. The van der Waals surface area contributed by atoms with Crippen molar-refractivity contribution in [2.24, 2.45) is 0 Å². The first kappa shape index (κ1) is 24.6. The number of anilines is 1. The maximum atomic E-state index is 13.3. The van der Waals surface area contributed by atoms with E-state index in [0.717, 1.165) is 32.5 Å². The third kappa shape index (κ3) is 5.41. The molecule has 2 aromatic carbocycles. The largest absolute Gasteiger partial charge is 0.456 e. The van der Waals surface area contributed by atoms with Gasteiger partial charge >= 0.3 is 5.97 Å². The molecule has 0 aliphatic carbocycles. The van der Waals surface area contributed by atoms with Crippen LogP contribution in [0.4, 0.5) is 5.69 Å². The van der Waals surface area contributed by atoms with Crippen LogP contribution in [0.15, 0.2) is 68.7 Å². The van der Waals surface area contributed by atoms with Crippen LogP contribution in [0, 0.1) is 6.92 Å². The first-order valence-corrected chi connectivity index (χ1v) is 13.7. The van der Waals surface area contributed by atoms with Crippen LogP contribution < -0.4 is 5.32 Å². The standard InChI is InChI=1S/C24H23BrN2O5S2/c1-16-13-18(8-9-20(16)25)26-22(28)15-32-23(29)14-21-19-6-3-2-5-17(19)10-11-27(21)34(30,31)24-7-4-12-33-24/h2-9,12-13,21H,10-11,14-15H2,1H3,(H,26,28). The third-order valence-corrected chi connectivity index (χ3v) is 9.76. The van der Waals surface area contributed by atoms with Gasteiger partial charge < -0.3 is 10.1 Å². The molecule has 0 saturated heterocycles. The minimum absolute atomic E-state index is 0.188. The SMILES string of the molecule is Cc1cc(NC(=O)COC(=O)CC2c3ccccc3CCN2S(=O)(=O)c2cccs2)ccc1Br. The Labute approximate surface area is 210 Å². The molecule has 0 saturated carbocycles. The van der Waals surface area contributed by atoms with Crippen molar-refractivity contribution < 1.29 is 22.7 Å². The Kier molecular flexibility index (Phi) is 7.51. The van der Waals surface area contributed by atoms with Crippen LogP contribution in [-0.2, 0) is 30.8 Å². The molecule has 0 bridgehead atoms. The molecule has 1 aliphatic rings. The quantitative estimate of drug-likeness (QED) is 0.422. The van der Waals surface area contributed by atoms with E-state index in [0.29, 0.717) is 12.1 Å². The summed E-state index contributed by atoms with van der Waals surface area (Å²) in [7, 11) is -3.77. The van der Waals surface area contributed by atoms with Gasteiger partial charge in [-0.05, 0) is 59.7 Å². The van der Waals surface area contributed by atoms with Crippen molar-refractivity contribution in [3.05, 3.63) is 81.1 Å². The smallest absolute Gasteiger partial charge is 0.308 e. The third-order valence-electron chi connectivity index (χ3n) is 5.59. The van der Waals surface area contributed by atoms with Crippen LogP contribution in [0.5, 0.6) is 0 Å². The maximum absolute atomic E-state index is 13.3. The van der Waals surface area contributed by atoms with Crippen LogP contribution in [-0.4, -0.2) is 37.8 Å². The summed E-state index contributed by atoms with van der Waals surface area (Å²) in [5.41, 5.74) is 3.33. The molecule has 0 radical (unpaired) electrons. The molecule has 1 amide bonds. The molecule has 0 spiro atoms. The van der Waals surface area contributed by atoms with Crippen molar-refractivity contribution in [3.8, 4) is 0 Å². The van der Waals surface area contributed by atoms with E-state index in [2.05, 4.69) is 21.2 Å². The molecular formula is C24H23BrN2O5S2. The van der Waals surface area contributed by atoms with Gasteiger partial charge in [-0.2, -0.15) is 4.31 Å². The number of thiophene rings is 1. The fourth-order valence-electron chi connectivity index (χ4n) is 3.94. The Morgan fingerprint density at radius 1 is 1.18 bits per heavy atom. The van der Waals surface area contributed by atoms with Gasteiger partial charge in [0.25, 0.3) is 15.9 Å². The van der Waals surface area contributed by atoms with E-state index in [9.17, 15) is 18.0 Å². The van der Waals surface area contributed by atoms with Gasteiger partial charge in [0.1, 0.15) is 4.21 Å². The summed E-state index contributed by atoms with van der Waals surface area (Å²) in [6, 6.07) is 15.4. The summed E-state index contributed by atoms with van der Waals surface area (Å²) in [6.45, 7) is 1.70.